The van der Waals surface area contributed by atoms with Crippen molar-refractivity contribution < 1.29 is 0 Å². The minimum absolute atomic E-state index is 0.859. The summed E-state index contributed by atoms with van der Waals surface area (Å²) in [6, 6.07) is 4.14. The van der Waals surface area contributed by atoms with E-state index >= 15 is 0 Å². The van der Waals surface area contributed by atoms with Gasteiger partial charge in [-0.1, -0.05) is 6.07 Å². The second-order valence-electron chi connectivity index (χ2n) is 4.19. The second-order valence-corrected chi connectivity index (χ2v) is 4.19. The molecule has 0 atom stereocenters. The Kier molecular flexibility index (Phi) is 3.88. The van der Waals surface area contributed by atoms with Crippen molar-refractivity contribution in [2.24, 2.45) is 7.05 Å². The first-order valence-corrected chi connectivity index (χ1v) is 5.84. The van der Waals surface area contributed by atoms with E-state index in [0.717, 1.165) is 31.0 Å². The van der Waals surface area contributed by atoms with E-state index in [2.05, 4.69) is 25.9 Å². The Labute approximate surface area is 102 Å². The lowest BCUT2D eigenvalue weighted by molar-refractivity contribution is 0.653. The highest BCUT2D eigenvalue weighted by Crippen LogP contribution is 1.99. The van der Waals surface area contributed by atoms with E-state index in [-0.39, 0.29) is 0 Å². The van der Waals surface area contributed by atoms with Gasteiger partial charge in [-0.15, -0.1) is 0 Å². The van der Waals surface area contributed by atoms with Gasteiger partial charge >= 0.3 is 0 Å². The third kappa shape index (κ3) is 3.39. The van der Waals surface area contributed by atoms with E-state index in [4.69, 9.17) is 0 Å². The van der Waals surface area contributed by atoms with Crippen LogP contribution in [-0.4, -0.2) is 21.1 Å². The molecule has 1 N–H and O–H groups in total. The zero-order valence-corrected chi connectivity index (χ0v) is 10.3. The van der Waals surface area contributed by atoms with Crippen LogP contribution in [0.2, 0.25) is 0 Å². The van der Waals surface area contributed by atoms with Crippen LogP contribution in [0.15, 0.2) is 30.7 Å². The van der Waals surface area contributed by atoms with Crippen molar-refractivity contribution in [3.63, 3.8) is 0 Å². The van der Waals surface area contributed by atoms with Crippen molar-refractivity contribution in [3.05, 3.63) is 47.8 Å². The highest BCUT2D eigenvalue weighted by Gasteiger charge is 1.98. The number of pyridine rings is 1. The summed E-state index contributed by atoms with van der Waals surface area (Å²) >= 11 is 0. The lowest BCUT2D eigenvalue weighted by atomic mass is 10.2. The Morgan fingerprint density at radius 1 is 1.29 bits per heavy atom. The van der Waals surface area contributed by atoms with Crippen LogP contribution in [0.3, 0.4) is 0 Å². The number of aromatic nitrogens is 3. The average molecular weight is 230 g/mol. The molecule has 0 amide bonds. The number of hydrogen-bond donors (Lipinski definition) is 1. The van der Waals surface area contributed by atoms with Gasteiger partial charge < -0.3 is 9.88 Å². The van der Waals surface area contributed by atoms with Crippen molar-refractivity contribution in [2.45, 2.75) is 19.9 Å². The van der Waals surface area contributed by atoms with Crippen LogP contribution in [0.5, 0.6) is 0 Å². The molecule has 2 aromatic heterocycles. The zero-order chi connectivity index (χ0) is 12.1. The molecule has 0 saturated heterocycles. The molecule has 4 nitrogen and oxygen atoms in total. The Bertz CT molecular complexity index is 459. The zero-order valence-electron chi connectivity index (χ0n) is 10.3. The van der Waals surface area contributed by atoms with Crippen molar-refractivity contribution in [1.82, 2.24) is 19.9 Å². The standard InChI is InChI=1S/C13H18N4/c1-11-3-4-12(10-16-11)9-14-6-5-13-15-7-8-17(13)2/h3-4,7-8,10,14H,5-6,9H2,1-2H3. The summed E-state index contributed by atoms with van der Waals surface area (Å²) in [6.45, 7) is 3.79. The number of aryl methyl sites for hydroxylation is 2. The van der Waals surface area contributed by atoms with Crippen molar-refractivity contribution in [3.8, 4) is 0 Å². The van der Waals surface area contributed by atoms with Crippen LogP contribution in [0.4, 0.5) is 0 Å². The Morgan fingerprint density at radius 2 is 2.18 bits per heavy atom. The number of rotatable bonds is 5. The summed E-state index contributed by atoms with van der Waals surface area (Å²) in [7, 11) is 2.02. The maximum atomic E-state index is 4.28. The van der Waals surface area contributed by atoms with Gasteiger partial charge in [0.1, 0.15) is 5.82 Å². The lowest BCUT2D eigenvalue weighted by Crippen LogP contribution is -2.18. The van der Waals surface area contributed by atoms with Crippen LogP contribution in [0, 0.1) is 6.92 Å². The second kappa shape index (κ2) is 5.59. The van der Waals surface area contributed by atoms with Crippen LogP contribution in [0.25, 0.3) is 0 Å². The van der Waals surface area contributed by atoms with Crippen LogP contribution in [0.1, 0.15) is 17.1 Å². The summed E-state index contributed by atoms with van der Waals surface area (Å²) in [5, 5.41) is 3.39. The molecule has 0 spiro atoms. The molecule has 0 aliphatic rings. The summed E-state index contributed by atoms with van der Waals surface area (Å²) in [5.74, 6) is 1.11. The molecule has 0 saturated carbocycles. The number of nitrogens with zero attached hydrogens (tertiary/aromatic N) is 3. The molecular weight excluding hydrogens is 212 g/mol. The van der Waals surface area contributed by atoms with Crippen LogP contribution >= 0.6 is 0 Å². The maximum Gasteiger partial charge on any atom is 0.109 e. The normalized spacial score (nSPS) is 10.7. The highest BCUT2D eigenvalue weighted by atomic mass is 15.0. The molecular formula is C13H18N4. The molecule has 90 valence electrons. The predicted octanol–water partition coefficient (Wildman–Crippen LogP) is 1.46. The van der Waals surface area contributed by atoms with Crippen molar-refractivity contribution in [2.75, 3.05) is 6.54 Å². The minimum atomic E-state index is 0.859. The molecule has 0 unspecified atom stereocenters. The number of nitrogens with one attached hydrogen (secondary N) is 1. The molecule has 2 rings (SSSR count). The monoisotopic (exact) mass is 230 g/mol. The van der Waals surface area contributed by atoms with Gasteiger partial charge in [-0.3, -0.25) is 4.98 Å². The third-order valence-corrected chi connectivity index (χ3v) is 2.75. The minimum Gasteiger partial charge on any atom is -0.338 e. The van der Waals surface area contributed by atoms with E-state index in [0.29, 0.717) is 0 Å². The Morgan fingerprint density at radius 3 is 2.82 bits per heavy atom. The fourth-order valence-corrected chi connectivity index (χ4v) is 1.67. The topological polar surface area (TPSA) is 42.7 Å². The molecule has 2 heterocycles. The molecule has 0 fully saturated rings. The quantitative estimate of drug-likeness (QED) is 0.791. The molecule has 0 aliphatic carbocycles. The average Bonchev–Trinajstić information content (AvgIpc) is 2.73. The number of hydrogen-bond acceptors (Lipinski definition) is 3. The van der Waals surface area contributed by atoms with Crippen molar-refractivity contribution in [1.29, 1.82) is 0 Å². The fraction of sp³-hybridized carbons (Fsp3) is 0.385. The molecule has 0 bridgehead atoms. The van der Waals surface area contributed by atoms with Gasteiger partial charge in [0, 0.05) is 50.8 Å². The predicted molar refractivity (Wildman–Crippen MR) is 67.6 cm³/mol. The van der Waals surface area contributed by atoms with E-state index in [1.54, 1.807) is 0 Å². The first-order valence-electron chi connectivity index (χ1n) is 5.84. The van der Waals surface area contributed by atoms with E-state index in [9.17, 15) is 0 Å². The first kappa shape index (κ1) is 11.8. The fourth-order valence-electron chi connectivity index (χ4n) is 1.67. The summed E-state index contributed by atoms with van der Waals surface area (Å²) in [4.78, 5) is 8.55. The van der Waals surface area contributed by atoms with Gasteiger partial charge in [0.2, 0.25) is 0 Å². The lowest BCUT2D eigenvalue weighted by Gasteiger charge is -2.05. The Balaban J connectivity index is 1.73. The van der Waals surface area contributed by atoms with Gasteiger partial charge in [-0.05, 0) is 18.6 Å². The van der Waals surface area contributed by atoms with E-state index < -0.39 is 0 Å². The summed E-state index contributed by atoms with van der Waals surface area (Å²) in [6.07, 6.45) is 6.67. The van der Waals surface area contributed by atoms with Crippen LogP contribution in [-0.2, 0) is 20.0 Å². The SMILES string of the molecule is Cc1ccc(CNCCc2nccn2C)cn1. The van der Waals surface area contributed by atoms with E-state index in [1.807, 2.05) is 38.6 Å². The Hall–Kier alpha value is -1.68. The largest absolute Gasteiger partial charge is 0.338 e. The van der Waals surface area contributed by atoms with Gasteiger partial charge in [0.15, 0.2) is 0 Å². The summed E-state index contributed by atoms with van der Waals surface area (Å²) < 4.78 is 2.05. The van der Waals surface area contributed by atoms with Crippen molar-refractivity contribution >= 4 is 0 Å². The van der Waals surface area contributed by atoms with E-state index in [1.165, 1.54) is 5.56 Å². The number of imidazole rings is 1. The van der Waals surface area contributed by atoms with Gasteiger partial charge in [-0.25, -0.2) is 4.98 Å². The third-order valence-electron chi connectivity index (χ3n) is 2.75. The van der Waals surface area contributed by atoms with Gasteiger partial charge in [-0.2, -0.15) is 0 Å². The molecule has 0 aliphatic heterocycles. The highest BCUT2D eigenvalue weighted by molar-refractivity contribution is 5.12. The molecule has 0 radical (unpaired) electrons. The smallest absolute Gasteiger partial charge is 0.109 e. The summed E-state index contributed by atoms with van der Waals surface area (Å²) in [5.41, 5.74) is 2.28. The maximum absolute atomic E-state index is 4.28. The molecule has 17 heavy (non-hydrogen) atoms. The molecule has 2 aromatic rings. The molecule has 0 aromatic carbocycles. The first-order chi connectivity index (χ1) is 8.25. The van der Waals surface area contributed by atoms with Crippen LogP contribution < -0.4 is 5.32 Å². The van der Waals surface area contributed by atoms with Gasteiger partial charge in [0.05, 0.1) is 0 Å². The van der Waals surface area contributed by atoms with Gasteiger partial charge in [0.25, 0.3) is 0 Å². The molecule has 4 heteroatoms.